The van der Waals surface area contributed by atoms with Crippen molar-refractivity contribution in [1.29, 1.82) is 0 Å². The number of hydrogen-bond donors (Lipinski definition) is 3. The van der Waals surface area contributed by atoms with Crippen molar-refractivity contribution in [3.05, 3.63) is 11.6 Å². The van der Waals surface area contributed by atoms with Crippen LogP contribution in [0.3, 0.4) is 0 Å². The molecule has 0 saturated heterocycles. The fraction of sp³-hybridized carbons (Fsp3) is 0.727. The third-order valence-corrected chi connectivity index (χ3v) is 3.78. The van der Waals surface area contributed by atoms with Gasteiger partial charge in [-0.3, -0.25) is 0 Å². The van der Waals surface area contributed by atoms with E-state index in [0.717, 1.165) is 18.3 Å². The summed E-state index contributed by atoms with van der Waals surface area (Å²) in [6.45, 7) is 2.24. The SMILES string of the molecule is CCC1=CC2C(C1)CC2C/C(N)=N/NN. The molecule has 0 aromatic carbocycles. The van der Waals surface area contributed by atoms with Crippen LogP contribution in [0, 0.1) is 17.8 Å². The first-order valence-corrected chi connectivity index (χ1v) is 5.71. The highest BCUT2D eigenvalue weighted by Gasteiger charge is 2.42. The van der Waals surface area contributed by atoms with Crippen molar-refractivity contribution in [3.63, 3.8) is 0 Å². The lowest BCUT2D eigenvalue weighted by Crippen LogP contribution is -2.36. The van der Waals surface area contributed by atoms with Crippen LogP contribution in [0.4, 0.5) is 0 Å². The molecule has 0 bridgehead atoms. The lowest BCUT2D eigenvalue weighted by molar-refractivity contribution is 0.135. The number of hydrogen-bond acceptors (Lipinski definition) is 3. The van der Waals surface area contributed by atoms with Crippen molar-refractivity contribution in [2.75, 3.05) is 0 Å². The normalized spacial score (nSPS) is 34.4. The second kappa shape index (κ2) is 4.23. The summed E-state index contributed by atoms with van der Waals surface area (Å²) in [7, 11) is 0. The Morgan fingerprint density at radius 3 is 3.13 bits per heavy atom. The van der Waals surface area contributed by atoms with Crippen LogP contribution in [0.1, 0.15) is 32.6 Å². The molecule has 0 aromatic rings. The number of amidine groups is 1. The molecule has 0 heterocycles. The molecule has 4 nitrogen and oxygen atoms in total. The van der Waals surface area contributed by atoms with Crippen LogP contribution < -0.4 is 17.1 Å². The zero-order valence-corrected chi connectivity index (χ0v) is 9.24. The zero-order chi connectivity index (χ0) is 10.8. The van der Waals surface area contributed by atoms with Gasteiger partial charge in [0.2, 0.25) is 0 Å². The molecule has 0 amide bonds. The Morgan fingerprint density at radius 1 is 1.67 bits per heavy atom. The van der Waals surface area contributed by atoms with Crippen molar-refractivity contribution in [1.82, 2.24) is 5.53 Å². The number of nitrogens with one attached hydrogen (secondary N) is 1. The molecule has 1 saturated carbocycles. The molecule has 3 atom stereocenters. The van der Waals surface area contributed by atoms with Gasteiger partial charge in [-0.25, -0.2) is 11.4 Å². The zero-order valence-electron chi connectivity index (χ0n) is 9.24. The van der Waals surface area contributed by atoms with Gasteiger partial charge in [0.15, 0.2) is 0 Å². The van der Waals surface area contributed by atoms with Gasteiger partial charge < -0.3 is 5.73 Å². The fourth-order valence-corrected chi connectivity index (χ4v) is 2.94. The largest absolute Gasteiger partial charge is 0.386 e. The number of rotatable bonds is 4. The third-order valence-electron chi connectivity index (χ3n) is 3.78. The summed E-state index contributed by atoms with van der Waals surface area (Å²) < 4.78 is 0. The molecule has 2 aliphatic rings. The summed E-state index contributed by atoms with van der Waals surface area (Å²) in [5, 5.41) is 3.80. The molecular formula is C11H20N4. The van der Waals surface area contributed by atoms with Gasteiger partial charge in [0.25, 0.3) is 0 Å². The summed E-state index contributed by atoms with van der Waals surface area (Å²) in [6.07, 6.45) is 7.14. The average Bonchev–Trinajstić information content (AvgIpc) is 2.53. The van der Waals surface area contributed by atoms with E-state index in [4.69, 9.17) is 11.6 Å². The Hall–Kier alpha value is -1.03. The molecule has 4 heteroatoms. The molecule has 15 heavy (non-hydrogen) atoms. The molecule has 2 rings (SSSR count). The van der Waals surface area contributed by atoms with Crippen molar-refractivity contribution in [2.24, 2.45) is 34.4 Å². The third kappa shape index (κ3) is 2.00. The molecule has 84 valence electrons. The molecular weight excluding hydrogens is 188 g/mol. The van der Waals surface area contributed by atoms with Crippen molar-refractivity contribution in [3.8, 4) is 0 Å². The number of nitrogens with two attached hydrogens (primary N) is 2. The fourth-order valence-electron chi connectivity index (χ4n) is 2.94. The quantitative estimate of drug-likeness (QED) is 0.213. The lowest BCUT2D eigenvalue weighted by Gasteiger charge is -2.40. The number of fused-ring (bicyclic) bond motifs is 1. The van der Waals surface area contributed by atoms with Crippen molar-refractivity contribution >= 4 is 5.84 Å². The molecule has 0 radical (unpaired) electrons. The molecule has 1 fully saturated rings. The van der Waals surface area contributed by atoms with Crippen LogP contribution in [0.2, 0.25) is 0 Å². The summed E-state index contributed by atoms with van der Waals surface area (Å²) in [4.78, 5) is 0. The Kier molecular flexibility index (Phi) is 2.95. The van der Waals surface area contributed by atoms with Crippen LogP contribution in [-0.4, -0.2) is 5.84 Å². The summed E-state index contributed by atoms with van der Waals surface area (Å²) in [6, 6.07) is 0. The van der Waals surface area contributed by atoms with Crippen LogP contribution in [0.5, 0.6) is 0 Å². The first-order chi connectivity index (χ1) is 7.24. The molecule has 0 aromatic heterocycles. The minimum atomic E-state index is 0.624. The van der Waals surface area contributed by atoms with Gasteiger partial charge in [0.1, 0.15) is 5.84 Å². The van der Waals surface area contributed by atoms with Crippen molar-refractivity contribution in [2.45, 2.75) is 32.6 Å². The standard InChI is InChI=1S/C11H20N4/c1-2-7-3-8-5-9(10(8)4-7)6-11(12)14-15-13/h4,8-10,15H,2-3,5-6,13H2,1H3,(H2,12,14). The molecule has 0 aliphatic heterocycles. The monoisotopic (exact) mass is 208 g/mol. The predicted molar refractivity (Wildman–Crippen MR) is 61.6 cm³/mol. The highest BCUT2D eigenvalue weighted by Crippen LogP contribution is 2.51. The van der Waals surface area contributed by atoms with Gasteiger partial charge in [0, 0.05) is 6.42 Å². The van der Waals surface area contributed by atoms with E-state index in [1.54, 1.807) is 5.57 Å². The Labute approximate surface area is 90.8 Å². The first-order valence-electron chi connectivity index (χ1n) is 5.71. The average molecular weight is 208 g/mol. The molecule has 3 unspecified atom stereocenters. The van der Waals surface area contributed by atoms with Gasteiger partial charge in [-0.1, -0.05) is 18.6 Å². The van der Waals surface area contributed by atoms with Crippen molar-refractivity contribution < 1.29 is 0 Å². The van der Waals surface area contributed by atoms with E-state index in [-0.39, 0.29) is 0 Å². The van der Waals surface area contributed by atoms with Crippen LogP contribution >= 0.6 is 0 Å². The van der Waals surface area contributed by atoms with E-state index < -0.39 is 0 Å². The van der Waals surface area contributed by atoms with E-state index >= 15 is 0 Å². The Balaban J connectivity index is 1.88. The van der Waals surface area contributed by atoms with Gasteiger partial charge in [0.05, 0.1) is 0 Å². The van der Waals surface area contributed by atoms with Gasteiger partial charge in [-0.05, 0) is 37.0 Å². The second-order valence-corrected chi connectivity index (χ2v) is 4.65. The van der Waals surface area contributed by atoms with Gasteiger partial charge in [-0.15, -0.1) is 0 Å². The molecule has 2 aliphatic carbocycles. The van der Waals surface area contributed by atoms with E-state index in [9.17, 15) is 0 Å². The molecule has 5 N–H and O–H groups in total. The van der Waals surface area contributed by atoms with E-state index in [2.05, 4.69) is 23.6 Å². The Bertz CT molecular complexity index is 295. The highest BCUT2D eigenvalue weighted by atomic mass is 15.5. The minimum absolute atomic E-state index is 0.624. The minimum Gasteiger partial charge on any atom is -0.386 e. The number of nitrogens with zero attached hydrogens (tertiary/aromatic N) is 1. The van der Waals surface area contributed by atoms with Crippen LogP contribution in [0.25, 0.3) is 0 Å². The topological polar surface area (TPSA) is 76.4 Å². The predicted octanol–water partition coefficient (Wildman–Crippen LogP) is 1.10. The van der Waals surface area contributed by atoms with Crippen LogP contribution in [-0.2, 0) is 0 Å². The van der Waals surface area contributed by atoms with Gasteiger partial charge in [-0.2, -0.15) is 5.10 Å². The van der Waals surface area contributed by atoms with Gasteiger partial charge >= 0.3 is 0 Å². The number of hydrazine groups is 1. The lowest BCUT2D eigenvalue weighted by atomic mass is 9.65. The van der Waals surface area contributed by atoms with E-state index in [1.807, 2.05) is 0 Å². The Morgan fingerprint density at radius 2 is 2.47 bits per heavy atom. The maximum absolute atomic E-state index is 5.73. The summed E-state index contributed by atoms with van der Waals surface area (Å²) in [5.74, 6) is 8.05. The number of allylic oxidation sites excluding steroid dienone is 2. The number of hydrazone groups is 1. The summed E-state index contributed by atoms with van der Waals surface area (Å²) >= 11 is 0. The highest BCUT2D eigenvalue weighted by molar-refractivity contribution is 5.80. The smallest absolute Gasteiger partial charge is 0.121 e. The van der Waals surface area contributed by atoms with E-state index in [1.165, 1.54) is 19.3 Å². The van der Waals surface area contributed by atoms with E-state index in [0.29, 0.717) is 11.8 Å². The second-order valence-electron chi connectivity index (χ2n) is 4.65. The summed E-state index contributed by atoms with van der Waals surface area (Å²) in [5.41, 5.74) is 9.60. The van der Waals surface area contributed by atoms with Crippen LogP contribution in [0.15, 0.2) is 16.8 Å². The first kappa shape index (κ1) is 10.5. The maximum Gasteiger partial charge on any atom is 0.121 e. The maximum atomic E-state index is 5.73. The molecule has 0 spiro atoms.